The Bertz CT molecular complexity index is 748. The van der Waals surface area contributed by atoms with Gasteiger partial charge in [0.05, 0.1) is 0 Å². The van der Waals surface area contributed by atoms with Crippen LogP contribution in [0.15, 0.2) is 61.7 Å². The zero-order valence-corrected chi connectivity index (χ0v) is 10.7. The molecular weight excluding hydrogens is 230 g/mol. The lowest BCUT2D eigenvalue weighted by molar-refractivity contribution is 1.42. The van der Waals surface area contributed by atoms with E-state index in [1.54, 1.807) is 0 Å². The Morgan fingerprint density at radius 2 is 1.63 bits per heavy atom. The quantitative estimate of drug-likeness (QED) is 0.659. The van der Waals surface area contributed by atoms with Gasteiger partial charge in [0, 0.05) is 22.2 Å². The number of fused-ring (bicyclic) bond motifs is 1. The van der Waals surface area contributed by atoms with Crippen LogP contribution in [0.25, 0.3) is 34.2 Å². The van der Waals surface area contributed by atoms with E-state index in [0.717, 1.165) is 16.8 Å². The van der Waals surface area contributed by atoms with Crippen molar-refractivity contribution in [2.45, 2.75) is 0 Å². The Morgan fingerprint density at radius 3 is 2.32 bits per heavy atom. The molecule has 1 heteroatoms. The molecular formula is C18H15N. The molecule has 0 aliphatic carbocycles. The highest BCUT2D eigenvalue weighted by atomic mass is 14.7. The van der Waals surface area contributed by atoms with Crippen molar-refractivity contribution in [3.8, 4) is 11.1 Å². The van der Waals surface area contributed by atoms with Gasteiger partial charge in [-0.15, -0.1) is 0 Å². The van der Waals surface area contributed by atoms with Crippen molar-refractivity contribution >= 4 is 23.1 Å². The van der Waals surface area contributed by atoms with Crippen molar-refractivity contribution in [2.75, 3.05) is 0 Å². The summed E-state index contributed by atoms with van der Waals surface area (Å²) in [6, 6.07) is 16.8. The molecule has 1 heterocycles. The smallest absolute Gasteiger partial charge is 0.0465 e. The van der Waals surface area contributed by atoms with Gasteiger partial charge in [0.1, 0.15) is 0 Å². The molecule has 2 aromatic carbocycles. The van der Waals surface area contributed by atoms with Gasteiger partial charge in [-0.05, 0) is 29.3 Å². The molecule has 0 spiro atoms. The molecule has 1 N–H and O–H groups in total. The first kappa shape index (κ1) is 11.5. The van der Waals surface area contributed by atoms with Gasteiger partial charge in [-0.25, -0.2) is 0 Å². The average Bonchev–Trinajstić information content (AvgIpc) is 2.84. The number of H-pyrrole nitrogens is 1. The highest BCUT2D eigenvalue weighted by molar-refractivity contribution is 5.95. The van der Waals surface area contributed by atoms with Gasteiger partial charge in [0.2, 0.25) is 0 Å². The molecule has 0 bridgehead atoms. The Hall–Kier alpha value is -2.54. The summed E-state index contributed by atoms with van der Waals surface area (Å²) in [6.07, 6.45) is 3.71. The number of hydrogen-bond acceptors (Lipinski definition) is 0. The highest BCUT2D eigenvalue weighted by Gasteiger charge is 2.07. The number of hydrogen-bond donors (Lipinski definition) is 1. The molecule has 0 radical (unpaired) electrons. The molecule has 19 heavy (non-hydrogen) atoms. The monoisotopic (exact) mass is 245 g/mol. The van der Waals surface area contributed by atoms with Crippen molar-refractivity contribution in [1.82, 2.24) is 4.98 Å². The highest BCUT2D eigenvalue weighted by Crippen LogP contribution is 2.29. The van der Waals surface area contributed by atoms with Crippen LogP contribution >= 0.6 is 0 Å². The van der Waals surface area contributed by atoms with E-state index in [1.807, 2.05) is 18.2 Å². The Balaban J connectivity index is 2.25. The van der Waals surface area contributed by atoms with E-state index < -0.39 is 0 Å². The van der Waals surface area contributed by atoms with Crippen LogP contribution in [-0.4, -0.2) is 4.98 Å². The maximum absolute atomic E-state index is 3.90. The van der Waals surface area contributed by atoms with Gasteiger partial charge in [0.25, 0.3) is 0 Å². The van der Waals surface area contributed by atoms with Gasteiger partial charge in [-0.3, -0.25) is 0 Å². The van der Waals surface area contributed by atoms with Crippen LogP contribution in [-0.2, 0) is 0 Å². The first-order valence-electron chi connectivity index (χ1n) is 6.29. The molecule has 0 saturated heterocycles. The van der Waals surface area contributed by atoms with Gasteiger partial charge >= 0.3 is 0 Å². The lowest BCUT2D eigenvalue weighted by atomic mass is 10.0. The minimum atomic E-state index is 1.02. The third-order valence-corrected chi connectivity index (χ3v) is 3.38. The minimum Gasteiger partial charge on any atom is -0.355 e. The second kappa shape index (κ2) is 4.62. The number of aromatic amines is 1. The van der Waals surface area contributed by atoms with E-state index >= 15 is 0 Å². The van der Waals surface area contributed by atoms with Crippen LogP contribution in [0.4, 0.5) is 0 Å². The van der Waals surface area contributed by atoms with Crippen molar-refractivity contribution in [1.29, 1.82) is 0 Å². The van der Waals surface area contributed by atoms with E-state index in [1.165, 1.54) is 16.5 Å². The van der Waals surface area contributed by atoms with Crippen LogP contribution in [0, 0.1) is 0 Å². The second-order valence-corrected chi connectivity index (χ2v) is 4.49. The standard InChI is InChI=1S/C18H15N/c1-3-15-16-12-14(13-8-6-5-7-9-13)10-11-18(16)19-17(15)4-2/h3-12,19H,1-2H2. The molecule has 0 fully saturated rings. The Kier molecular flexibility index (Phi) is 2.81. The SMILES string of the molecule is C=Cc1[nH]c2ccc(-c3ccccc3)cc2c1C=C. The largest absolute Gasteiger partial charge is 0.355 e. The summed E-state index contributed by atoms with van der Waals surface area (Å²) in [5.41, 5.74) is 5.69. The van der Waals surface area contributed by atoms with Crippen molar-refractivity contribution in [2.24, 2.45) is 0 Å². The van der Waals surface area contributed by atoms with Crippen LogP contribution in [0.1, 0.15) is 11.3 Å². The predicted octanol–water partition coefficient (Wildman–Crippen LogP) is 5.12. The molecule has 0 unspecified atom stereocenters. The number of benzene rings is 2. The molecule has 1 nitrogen and oxygen atoms in total. The van der Waals surface area contributed by atoms with E-state index in [0.29, 0.717) is 0 Å². The molecule has 0 atom stereocenters. The van der Waals surface area contributed by atoms with E-state index in [2.05, 4.69) is 60.6 Å². The Morgan fingerprint density at radius 1 is 0.842 bits per heavy atom. The maximum atomic E-state index is 3.90. The molecule has 0 aliphatic rings. The molecule has 1 aromatic heterocycles. The van der Waals surface area contributed by atoms with Gasteiger partial charge < -0.3 is 4.98 Å². The molecule has 0 aliphatic heterocycles. The summed E-state index contributed by atoms with van der Waals surface area (Å²) in [5.74, 6) is 0. The summed E-state index contributed by atoms with van der Waals surface area (Å²) in [5, 5.41) is 1.19. The lowest BCUT2D eigenvalue weighted by Crippen LogP contribution is -1.77. The summed E-state index contributed by atoms with van der Waals surface area (Å²) in [4.78, 5) is 3.35. The predicted molar refractivity (Wildman–Crippen MR) is 83.9 cm³/mol. The van der Waals surface area contributed by atoms with Gasteiger partial charge in [-0.2, -0.15) is 0 Å². The molecule has 0 amide bonds. The minimum absolute atomic E-state index is 1.02. The summed E-state index contributed by atoms with van der Waals surface area (Å²) in [7, 11) is 0. The Labute approximate surface area is 112 Å². The van der Waals surface area contributed by atoms with Crippen LogP contribution in [0.2, 0.25) is 0 Å². The first-order chi connectivity index (χ1) is 9.33. The zero-order chi connectivity index (χ0) is 13.2. The summed E-state index contributed by atoms with van der Waals surface area (Å²) >= 11 is 0. The van der Waals surface area contributed by atoms with E-state index in [4.69, 9.17) is 0 Å². The number of aromatic nitrogens is 1. The molecule has 92 valence electrons. The first-order valence-corrected chi connectivity index (χ1v) is 6.29. The second-order valence-electron chi connectivity index (χ2n) is 4.49. The average molecular weight is 245 g/mol. The third-order valence-electron chi connectivity index (χ3n) is 3.38. The zero-order valence-electron chi connectivity index (χ0n) is 10.7. The molecule has 0 saturated carbocycles. The van der Waals surface area contributed by atoms with Crippen molar-refractivity contribution in [3.05, 3.63) is 72.9 Å². The van der Waals surface area contributed by atoms with Crippen molar-refractivity contribution in [3.63, 3.8) is 0 Å². The van der Waals surface area contributed by atoms with E-state index in [-0.39, 0.29) is 0 Å². The summed E-state index contributed by atoms with van der Waals surface area (Å²) < 4.78 is 0. The summed E-state index contributed by atoms with van der Waals surface area (Å²) in [6.45, 7) is 7.73. The molecule has 3 aromatic rings. The third kappa shape index (κ3) is 1.89. The van der Waals surface area contributed by atoms with Crippen molar-refractivity contribution < 1.29 is 0 Å². The number of nitrogens with one attached hydrogen (secondary N) is 1. The number of rotatable bonds is 3. The van der Waals surface area contributed by atoms with Gasteiger partial charge in [0.15, 0.2) is 0 Å². The van der Waals surface area contributed by atoms with E-state index in [9.17, 15) is 0 Å². The normalized spacial score (nSPS) is 10.5. The topological polar surface area (TPSA) is 15.8 Å². The fourth-order valence-corrected chi connectivity index (χ4v) is 2.42. The van der Waals surface area contributed by atoms with Gasteiger partial charge in [-0.1, -0.05) is 55.6 Å². The lowest BCUT2D eigenvalue weighted by Gasteiger charge is -2.02. The maximum Gasteiger partial charge on any atom is 0.0465 e. The van der Waals surface area contributed by atoms with Crippen LogP contribution < -0.4 is 0 Å². The molecule has 3 rings (SSSR count). The van der Waals surface area contributed by atoms with Crippen LogP contribution in [0.5, 0.6) is 0 Å². The van der Waals surface area contributed by atoms with Crippen LogP contribution in [0.3, 0.4) is 0 Å². The fraction of sp³-hybridized carbons (Fsp3) is 0. The fourth-order valence-electron chi connectivity index (χ4n) is 2.42.